The zero-order valence-electron chi connectivity index (χ0n) is 21.0. The molecule has 3 rings (SSSR count). The Balaban J connectivity index is 1.70. The molecule has 0 saturated carbocycles. The highest BCUT2D eigenvalue weighted by Crippen LogP contribution is 2.21. The quantitative estimate of drug-likeness (QED) is 0.292. The predicted molar refractivity (Wildman–Crippen MR) is 134 cm³/mol. The van der Waals surface area contributed by atoms with E-state index in [2.05, 4.69) is 10.1 Å². The van der Waals surface area contributed by atoms with Crippen LogP contribution in [0.1, 0.15) is 35.7 Å². The van der Waals surface area contributed by atoms with Crippen molar-refractivity contribution in [2.75, 3.05) is 27.4 Å². The van der Waals surface area contributed by atoms with Gasteiger partial charge in [0, 0.05) is 30.2 Å². The number of esters is 3. The number of carbonyl (C=O) groups is 4. The third-order valence-corrected chi connectivity index (χ3v) is 5.63. The van der Waals surface area contributed by atoms with Crippen LogP contribution >= 0.6 is 0 Å². The first-order valence-corrected chi connectivity index (χ1v) is 11.8. The molecule has 0 aliphatic rings. The smallest absolute Gasteiger partial charge is 0.344 e. The van der Waals surface area contributed by atoms with Crippen LogP contribution in [0.25, 0.3) is 10.9 Å². The molecule has 0 fully saturated rings. The van der Waals surface area contributed by atoms with E-state index in [-0.39, 0.29) is 19.4 Å². The predicted octanol–water partition coefficient (Wildman–Crippen LogP) is 2.86. The maximum Gasteiger partial charge on any atom is 0.344 e. The van der Waals surface area contributed by atoms with E-state index in [1.165, 1.54) is 14.2 Å². The second-order valence-electron chi connectivity index (χ2n) is 8.12. The van der Waals surface area contributed by atoms with Crippen LogP contribution in [-0.4, -0.2) is 61.9 Å². The number of nitrogens with one attached hydrogen (secondary N) is 1. The lowest BCUT2D eigenvalue weighted by atomic mass is 10.1. The average molecular weight is 511 g/mol. The molecular formula is C27H30N2O8. The van der Waals surface area contributed by atoms with Crippen molar-refractivity contribution in [2.24, 2.45) is 0 Å². The Morgan fingerprint density at radius 2 is 1.70 bits per heavy atom. The van der Waals surface area contributed by atoms with Crippen molar-refractivity contribution in [1.29, 1.82) is 0 Å². The minimum Gasteiger partial charge on any atom is -0.482 e. The molecule has 0 unspecified atom stereocenters. The number of benzene rings is 2. The maximum absolute atomic E-state index is 12.9. The molecule has 0 saturated heterocycles. The molecule has 0 aliphatic heterocycles. The molecule has 10 nitrogen and oxygen atoms in total. The summed E-state index contributed by atoms with van der Waals surface area (Å²) in [5.41, 5.74) is 2.19. The van der Waals surface area contributed by atoms with Gasteiger partial charge in [-0.15, -0.1) is 0 Å². The molecule has 1 aromatic heterocycles. The number of hydrogen-bond donors (Lipinski definition) is 1. The number of amides is 1. The van der Waals surface area contributed by atoms with Crippen molar-refractivity contribution in [3.63, 3.8) is 0 Å². The van der Waals surface area contributed by atoms with Crippen molar-refractivity contribution < 1.29 is 38.1 Å². The van der Waals surface area contributed by atoms with E-state index in [0.717, 1.165) is 16.5 Å². The summed E-state index contributed by atoms with van der Waals surface area (Å²) in [6.45, 7) is 2.42. The highest BCUT2D eigenvalue weighted by molar-refractivity contribution is 6.00. The third-order valence-electron chi connectivity index (χ3n) is 5.63. The van der Waals surface area contributed by atoms with E-state index in [4.69, 9.17) is 14.2 Å². The molecule has 3 aromatic rings. The van der Waals surface area contributed by atoms with Gasteiger partial charge in [-0.3, -0.25) is 9.59 Å². The summed E-state index contributed by atoms with van der Waals surface area (Å²) < 4.78 is 21.7. The van der Waals surface area contributed by atoms with Gasteiger partial charge in [0.15, 0.2) is 6.61 Å². The van der Waals surface area contributed by atoms with Crippen LogP contribution < -0.4 is 10.1 Å². The summed E-state index contributed by atoms with van der Waals surface area (Å²) in [7, 11) is 2.48. The topological polar surface area (TPSA) is 122 Å². The Labute approximate surface area is 214 Å². The van der Waals surface area contributed by atoms with E-state index in [1.54, 1.807) is 31.2 Å². The normalized spacial score (nSPS) is 11.4. The van der Waals surface area contributed by atoms with Gasteiger partial charge >= 0.3 is 17.9 Å². The van der Waals surface area contributed by atoms with Gasteiger partial charge in [-0.25, -0.2) is 9.59 Å². The Hall–Kier alpha value is -4.34. The van der Waals surface area contributed by atoms with Gasteiger partial charge in [-0.2, -0.15) is 0 Å². The molecule has 1 N–H and O–H groups in total. The van der Waals surface area contributed by atoms with Crippen molar-refractivity contribution in [1.82, 2.24) is 9.88 Å². The molecule has 1 atom stereocenters. The van der Waals surface area contributed by atoms with Gasteiger partial charge in [0.2, 0.25) is 0 Å². The van der Waals surface area contributed by atoms with E-state index < -0.39 is 29.9 Å². The van der Waals surface area contributed by atoms with Crippen molar-refractivity contribution in [3.05, 3.63) is 65.9 Å². The number of rotatable bonds is 12. The molecular weight excluding hydrogens is 480 g/mol. The third kappa shape index (κ3) is 7.57. The monoisotopic (exact) mass is 510 g/mol. The molecule has 1 amide bonds. The van der Waals surface area contributed by atoms with Crippen LogP contribution in [0, 0.1) is 0 Å². The zero-order chi connectivity index (χ0) is 26.8. The highest BCUT2D eigenvalue weighted by atomic mass is 16.6. The Morgan fingerprint density at radius 3 is 2.38 bits per heavy atom. The van der Waals surface area contributed by atoms with Crippen LogP contribution in [0.5, 0.6) is 5.75 Å². The first-order valence-electron chi connectivity index (χ1n) is 11.8. The van der Waals surface area contributed by atoms with Crippen LogP contribution in [-0.2, 0) is 35.1 Å². The zero-order valence-corrected chi connectivity index (χ0v) is 21.0. The van der Waals surface area contributed by atoms with Gasteiger partial charge in [-0.05, 0) is 54.6 Å². The van der Waals surface area contributed by atoms with Crippen molar-refractivity contribution >= 4 is 34.7 Å². The molecule has 0 radical (unpaired) electrons. The highest BCUT2D eigenvalue weighted by Gasteiger charge is 2.23. The second-order valence-corrected chi connectivity index (χ2v) is 8.12. The fourth-order valence-corrected chi connectivity index (χ4v) is 3.69. The van der Waals surface area contributed by atoms with Crippen LogP contribution in [0.4, 0.5) is 0 Å². The van der Waals surface area contributed by atoms with Crippen LogP contribution in [0.15, 0.2) is 54.7 Å². The Kier molecular flexibility index (Phi) is 9.65. The van der Waals surface area contributed by atoms with Crippen LogP contribution in [0.2, 0.25) is 0 Å². The molecule has 1 heterocycles. The second kappa shape index (κ2) is 13.1. The number of carbonyl (C=O) groups excluding carboxylic acids is 4. The molecule has 10 heteroatoms. The summed E-state index contributed by atoms with van der Waals surface area (Å²) >= 11 is 0. The summed E-state index contributed by atoms with van der Waals surface area (Å²) in [6, 6.07) is 13.6. The minimum absolute atomic E-state index is 0.0366. The number of hydrogen-bond acceptors (Lipinski definition) is 8. The molecule has 0 aliphatic carbocycles. The summed E-state index contributed by atoms with van der Waals surface area (Å²) in [4.78, 5) is 48.0. The Morgan fingerprint density at radius 1 is 0.946 bits per heavy atom. The summed E-state index contributed by atoms with van der Waals surface area (Å²) in [5, 5.41) is 3.59. The standard InChI is InChI=1S/C27H30N2O8/c1-4-36-25(31)17-37-21-9-5-18(6-10-21)16-29-14-13-19-7-8-20(15-23(19)29)26(32)28-22(27(33)35-3)11-12-24(30)34-2/h5-10,13-15,22H,4,11-12,16-17H2,1-3H3,(H,28,32)/t22-/m1/s1. The number of ether oxygens (including phenoxy) is 4. The SMILES string of the molecule is CCOC(=O)COc1ccc(Cn2ccc3ccc(C(=O)N[C@H](CCC(=O)OC)C(=O)OC)cc32)cc1. The number of aromatic nitrogens is 1. The molecule has 0 bridgehead atoms. The van der Waals surface area contributed by atoms with E-state index in [1.807, 2.05) is 35.0 Å². The molecule has 196 valence electrons. The lowest BCUT2D eigenvalue weighted by Crippen LogP contribution is -2.41. The fraction of sp³-hybridized carbons (Fsp3) is 0.333. The number of methoxy groups -OCH3 is 2. The number of nitrogens with zero attached hydrogens (tertiary/aromatic N) is 1. The van der Waals surface area contributed by atoms with Gasteiger partial charge in [0.1, 0.15) is 11.8 Å². The lowest BCUT2D eigenvalue weighted by Gasteiger charge is -2.16. The van der Waals surface area contributed by atoms with Crippen LogP contribution in [0.3, 0.4) is 0 Å². The minimum atomic E-state index is -0.983. The average Bonchev–Trinajstić information content (AvgIpc) is 3.31. The largest absolute Gasteiger partial charge is 0.482 e. The van der Waals surface area contributed by atoms with Gasteiger partial charge in [0.25, 0.3) is 5.91 Å². The van der Waals surface area contributed by atoms with Crippen molar-refractivity contribution in [2.45, 2.75) is 32.4 Å². The molecule has 0 spiro atoms. The van der Waals surface area contributed by atoms with E-state index >= 15 is 0 Å². The maximum atomic E-state index is 12.9. The first kappa shape index (κ1) is 27.3. The van der Waals surface area contributed by atoms with Gasteiger partial charge in [0.05, 0.1) is 20.8 Å². The van der Waals surface area contributed by atoms with Gasteiger partial charge < -0.3 is 28.8 Å². The lowest BCUT2D eigenvalue weighted by molar-refractivity contribution is -0.146. The number of fused-ring (bicyclic) bond motifs is 1. The van der Waals surface area contributed by atoms with E-state index in [9.17, 15) is 19.2 Å². The summed E-state index contributed by atoms with van der Waals surface area (Å²) in [6.07, 6.45) is 1.94. The van der Waals surface area contributed by atoms with Crippen molar-refractivity contribution in [3.8, 4) is 5.75 Å². The first-order chi connectivity index (χ1) is 17.8. The summed E-state index contributed by atoms with van der Waals surface area (Å²) in [5.74, 6) is -1.46. The fourth-order valence-electron chi connectivity index (χ4n) is 3.69. The van der Waals surface area contributed by atoms with Gasteiger partial charge in [-0.1, -0.05) is 18.2 Å². The molecule has 2 aromatic carbocycles. The van der Waals surface area contributed by atoms with E-state index in [0.29, 0.717) is 24.5 Å². The Bertz CT molecular complexity index is 1250. The molecule has 37 heavy (non-hydrogen) atoms.